The van der Waals surface area contributed by atoms with Gasteiger partial charge in [0.15, 0.2) is 11.5 Å². The number of pyridine rings is 1. The van der Waals surface area contributed by atoms with Gasteiger partial charge in [0.25, 0.3) is 0 Å². The lowest BCUT2D eigenvalue weighted by molar-refractivity contribution is -0.192. The summed E-state index contributed by atoms with van der Waals surface area (Å²) in [6, 6.07) is 4.21. The first-order chi connectivity index (χ1) is 17.1. The molecule has 0 bridgehead atoms. The molecule has 2 aliphatic rings. The summed E-state index contributed by atoms with van der Waals surface area (Å²) in [7, 11) is 1.73. The SMILES string of the molecule is COc1cc2c3c(c(NCC(C)C)nc2cc1OCCCN1CCCC1)CCC3.O=C(O)C(F)(F)F. The number of likely N-dealkylation sites (tertiary alicyclic amines) is 1. The lowest BCUT2D eigenvalue weighted by Crippen LogP contribution is -2.21. The van der Waals surface area contributed by atoms with Crippen LogP contribution in [0.2, 0.25) is 0 Å². The van der Waals surface area contributed by atoms with Crippen LogP contribution in [0.3, 0.4) is 0 Å². The highest BCUT2D eigenvalue weighted by Crippen LogP contribution is 2.39. The zero-order valence-corrected chi connectivity index (χ0v) is 21.2. The highest BCUT2D eigenvalue weighted by Gasteiger charge is 2.38. The van der Waals surface area contributed by atoms with Gasteiger partial charge in [0.1, 0.15) is 5.82 Å². The van der Waals surface area contributed by atoms with Gasteiger partial charge in [0.2, 0.25) is 0 Å². The Bertz CT molecular complexity index is 1040. The van der Waals surface area contributed by atoms with Gasteiger partial charge in [-0.25, -0.2) is 9.78 Å². The van der Waals surface area contributed by atoms with E-state index in [1.54, 1.807) is 7.11 Å². The van der Waals surface area contributed by atoms with Gasteiger partial charge in [-0.05, 0) is 74.7 Å². The monoisotopic (exact) mass is 511 g/mol. The van der Waals surface area contributed by atoms with Gasteiger partial charge < -0.3 is 24.8 Å². The number of ether oxygens (including phenoxy) is 2. The zero-order valence-electron chi connectivity index (χ0n) is 21.2. The Morgan fingerprint density at radius 2 is 1.81 bits per heavy atom. The van der Waals surface area contributed by atoms with E-state index in [1.165, 1.54) is 48.9 Å². The van der Waals surface area contributed by atoms with E-state index in [0.29, 0.717) is 12.5 Å². The third kappa shape index (κ3) is 7.38. The van der Waals surface area contributed by atoms with Crippen LogP contribution in [0.4, 0.5) is 19.0 Å². The second-order valence-corrected chi connectivity index (χ2v) is 9.62. The summed E-state index contributed by atoms with van der Waals surface area (Å²) in [6.45, 7) is 9.70. The van der Waals surface area contributed by atoms with Crippen molar-refractivity contribution < 1.29 is 32.5 Å². The molecule has 0 unspecified atom stereocenters. The Morgan fingerprint density at radius 3 is 2.42 bits per heavy atom. The zero-order chi connectivity index (χ0) is 26.3. The maximum absolute atomic E-state index is 10.6. The number of aromatic nitrogens is 1. The molecular formula is C26H36F3N3O4. The van der Waals surface area contributed by atoms with Crippen LogP contribution < -0.4 is 14.8 Å². The largest absolute Gasteiger partial charge is 0.493 e. The van der Waals surface area contributed by atoms with Gasteiger partial charge >= 0.3 is 12.1 Å². The molecule has 200 valence electrons. The average molecular weight is 512 g/mol. The number of aryl methyl sites for hydroxylation is 1. The van der Waals surface area contributed by atoms with Crippen LogP contribution in [0, 0.1) is 5.92 Å². The molecule has 1 aliphatic carbocycles. The van der Waals surface area contributed by atoms with Crippen molar-refractivity contribution in [2.45, 2.75) is 58.5 Å². The number of carboxylic acids is 1. The highest BCUT2D eigenvalue weighted by molar-refractivity contribution is 5.89. The molecule has 0 saturated carbocycles. The van der Waals surface area contributed by atoms with Gasteiger partial charge in [-0.2, -0.15) is 13.2 Å². The van der Waals surface area contributed by atoms with E-state index in [4.69, 9.17) is 24.4 Å². The van der Waals surface area contributed by atoms with Crippen LogP contribution in [-0.4, -0.2) is 67.0 Å². The van der Waals surface area contributed by atoms with E-state index in [0.717, 1.165) is 55.2 Å². The molecule has 10 heteroatoms. The van der Waals surface area contributed by atoms with E-state index < -0.39 is 12.1 Å². The van der Waals surface area contributed by atoms with Gasteiger partial charge in [-0.15, -0.1) is 0 Å². The van der Waals surface area contributed by atoms with E-state index >= 15 is 0 Å². The smallest absolute Gasteiger partial charge is 0.490 e. The van der Waals surface area contributed by atoms with E-state index in [-0.39, 0.29) is 0 Å². The molecule has 1 aromatic carbocycles. The first-order valence-electron chi connectivity index (χ1n) is 12.5. The quantitative estimate of drug-likeness (QED) is 0.442. The van der Waals surface area contributed by atoms with Crippen LogP contribution in [-0.2, 0) is 17.6 Å². The molecule has 7 nitrogen and oxygen atoms in total. The van der Waals surface area contributed by atoms with Crippen molar-refractivity contribution in [3.05, 3.63) is 23.3 Å². The number of carboxylic acid groups (broad SMARTS) is 1. The first kappa shape index (κ1) is 27.8. The fourth-order valence-corrected chi connectivity index (χ4v) is 4.57. The number of hydrogen-bond donors (Lipinski definition) is 2. The summed E-state index contributed by atoms with van der Waals surface area (Å²) in [5.41, 5.74) is 3.83. The third-order valence-electron chi connectivity index (χ3n) is 6.34. The van der Waals surface area contributed by atoms with Crippen LogP contribution in [0.1, 0.15) is 50.7 Å². The Morgan fingerprint density at radius 1 is 1.14 bits per heavy atom. The van der Waals surface area contributed by atoms with Crippen molar-refractivity contribution in [1.29, 1.82) is 0 Å². The summed E-state index contributed by atoms with van der Waals surface area (Å²) >= 11 is 0. The number of carbonyl (C=O) groups is 1. The Hall–Kier alpha value is -2.75. The topological polar surface area (TPSA) is 83.9 Å². The number of nitrogens with zero attached hydrogens (tertiary/aromatic N) is 2. The van der Waals surface area contributed by atoms with Crippen molar-refractivity contribution in [2.24, 2.45) is 5.92 Å². The molecule has 1 fully saturated rings. The molecule has 2 aromatic rings. The molecule has 4 rings (SSSR count). The number of fused-ring (bicyclic) bond motifs is 3. The van der Waals surface area contributed by atoms with Crippen molar-refractivity contribution in [3.8, 4) is 11.5 Å². The van der Waals surface area contributed by atoms with Crippen LogP contribution >= 0.6 is 0 Å². The van der Waals surface area contributed by atoms with E-state index in [1.807, 2.05) is 0 Å². The number of benzene rings is 1. The number of anilines is 1. The predicted molar refractivity (Wildman–Crippen MR) is 133 cm³/mol. The molecule has 1 saturated heterocycles. The number of methoxy groups -OCH3 is 1. The van der Waals surface area contributed by atoms with Gasteiger partial charge in [-0.3, -0.25) is 0 Å². The third-order valence-corrected chi connectivity index (χ3v) is 6.34. The van der Waals surface area contributed by atoms with Gasteiger partial charge in [0.05, 0.1) is 19.2 Å². The van der Waals surface area contributed by atoms with E-state index in [9.17, 15) is 13.2 Å². The van der Waals surface area contributed by atoms with E-state index in [2.05, 4.69) is 36.2 Å². The van der Waals surface area contributed by atoms with Gasteiger partial charge in [-0.1, -0.05) is 13.8 Å². The number of aliphatic carboxylic acids is 1. The fourth-order valence-electron chi connectivity index (χ4n) is 4.57. The highest BCUT2D eigenvalue weighted by atomic mass is 19.4. The minimum atomic E-state index is -5.08. The molecule has 0 radical (unpaired) electrons. The van der Waals surface area contributed by atoms with Crippen molar-refractivity contribution in [1.82, 2.24) is 9.88 Å². The van der Waals surface area contributed by atoms with Crippen molar-refractivity contribution >= 4 is 22.7 Å². The Kier molecular flexibility index (Phi) is 9.64. The minimum absolute atomic E-state index is 0.593. The summed E-state index contributed by atoms with van der Waals surface area (Å²) in [6.07, 6.45) is 2.05. The fraction of sp³-hybridized carbons (Fsp3) is 0.615. The standard InChI is InChI=1S/C24H35N3O2.C2HF3O2/c1-17(2)16-25-24-19-9-6-8-18(19)20-14-22(28-3)23(15-21(20)26-24)29-13-7-12-27-10-4-5-11-27;3-2(4,5)1(6)7/h14-15,17H,4-13,16H2,1-3H3,(H,25,26);(H,6,7). The lowest BCUT2D eigenvalue weighted by Gasteiger charge is -2.18. The molecule has 0 atom stereocenters. The Balaban J connectivity index is 0.000000454. The summed E-state index contributed by atoms with van der Waals surface area (Å²) in [5.74, 6) is 0.519. The average Bonchev–Trinajstić information content (AvgIpc) is 3.52. The predicted octanol–water partition coefficient (Wildman–Crippen LogP) is 5.30. The molecule has 0 amide bonds. The maximum atomic E-state index is 10.6. The van der Waals surface area contributed by atoms with Gasteiger partial charge in [0, 0.05) is 24.5 Å². The number of hydrogen-bond acceptors (Lipinski definition) is 6. The summed E-state index contributed by atoms with van der Waals surface area (Å²) < 4.78 is 43.6. The van der Waals surface area contributed by atoms with Crippen LogP contribution in [0.15, 0.2) is 12.1 Å². The molecule has 36 heavy (non-hydrogen) atoms. The molecule has 2 heterocycles. The molecule has 1 aliphatic heterocycles. The second kappa shape index (κ2) is 12.5. The first-order valence-corrected chi connectivity index (χ1v) is 12.5. The molecule has 2 N–H and O–H groups in total. The van der Waals surface area contributed by atoms with Crippen molar-refractivity contribution in [3.63, 3.8) is 0 Å². The summed E-state index contributed by atoms with van der Waals surface area (Å²) in [4.78, 5) is 16.4. The Labute approximate surface area is 210 Å². The second-order valence-electron chi connectivity index (χ2n) is 9.62. The minimum Gasteiger partial charge on any atom is -0.493 e. The lowest BCUT2D eigenvalue weighted by atomic mass is 10.0. The number of nitrogens with one attached hydrogen (secondary N) is 1. The number of rotatable bonds is 9. The summed E-state index contributed by atoms with van der Waals surface area (Å²) in [5, 5.41) is 11.9. The molecular weight excluding hydrogens is 475 g/mol. The molecule has 1 aromatic heterocycles. The number of halogens is 3. The van der Waals surface area contributed by atoms with Crippen LogP contribution in [0.25, 0.3) is 10.9 Å². The normalized spacial score (nSPS) is 15.5. The van der Waals surface area contributed by atoms with Crippen LogP contribution in [0.5, 0.6) is 11.5 Å². The van der Waals surface area contributed by atoms with Crippen molar-refractivity contribution in [2.75, 3.05) is 45.2 Å². The molecule has 0 spiro atoms. The number of alkyl halides is 3. The maximum Gasteiger partial charge on any atom is 0.490 e.